The molecule has 0 radical (unpaired) electrons. The summed E-state index contributed by atoms with van der Waals surface area (Å²) < 4.78 is 0. The largest absolute Gasteiger partial charge is 0.370 e. The molecule has 28 heavy (non-hydrogen) atoms. The van der Waals surface area contributed by atoms with E-state index in [2.05, 4.69) is 28.3 Å². The minimum absolute atomic E-state index is 0.0322. The van der Waals surface area contributed by atoms with E-state index in [1.165, 1.54) is 0 Å². The van der Waals surface area contributed by atoms with Crippen LogP contribution in [0.15, 0.2) is 4.99 Å². The Balaban J connectivity index is 4.97. The van der Waals surface area contributed by atoms with E-state index in [0.717, 1.165) is 0 Å². The molecular formula is C18H36N6O3S. The third-order valence-electron chi connectivity index (χ3n) is 3.96. The van der Waals surface area contributed by atoms with Gasteiger partial charge in [-0.15, -0.1) is 12.6 Å². The number of amides is 2. The van der Waals surface area contributed by atoms with E-state index in [9.17, 15) is 14.4 Å². The second-order valence-electron chi connectivity index (χ2n) is 7.77. The van der Waals surface area contributed by atoms with Crippen molar-refractivity contribution < 1.29 is 14.4 Å². The van der Waals surface area contributed by atoms with Crippen molar-refractivity contribution in [1.82, 2.24) is 10.6 Å². The van der Waals surface area contributed by atoms with Crippen LogP contribution in [0.1, 0.15) is 53.4 Å². The number of carbonyl (C=O) groups excluding carboxylic acids is 3. The van der Waals surface area contributed by atoms with Crippen molar-refractivity contribution in [2.75, 3.05) is 6.54 Å². The summed E-state index contributed by atoms with van der Waals surface area (Å²) in [7, 11) is 0. The molecule has 3 atom stereocenters. The highest BCUT2D eigenvalue weighted by Gasteiger charge is 2.27. The summed E-state index contributed by atoms with van der Waals surface area (Å²) in [6.07, 6.45) is 1.77. The first-order valence-corrected chi connectivity index (χ1v) is 10.0. The summed E-state index contributed by atoms with van der Waals surface area (Å²) >= 11 is 3.84. The molecule has 0 bridgehead atoms. The van der Waals surface area contributed by atoms with Crippen molar-refractivity contribution in [3.63, 3.8) is 0 Å². The molecule has 0 spiro atoms. The molecule has 9 nitrogen and oxygen atoms in total. The molecule has 162 valence electrons. The third-order valence-corrected chi connectivity index (χ3v) is 4.27. The van der Waals surface area contributed by atoms with Crippen molar-refractivity contribution in [2.24, 2.45) is 34.0 Å². The van der Waals surface area contributed by atoms with Crippen LogP contribution in [0.4, 0.5) is 0 Å². The molecule has 0 aromatic heterocycles. The summed E-state index contributed by atoms with van der Waals surface area (Å²) in [6, 6.07) is -2.26. The van der Waals surface area contributed by atoms with Gasteiger partial charge in [-0.25, -0.2) is 0 Å². The summed E-state index contributed by atoms with van der Waals surface area (Å²) in [5.74, 6) is -0.432. The van der Waals surface area contributed by atoms with Gasteiger partial charge in [0, 0.05) is 6.54 Å². The molecule has 8 N–H and O–H groups in total. The molecule has 0 aliphatic heterocycles. The minimum Gasteiger partial charge on any atom is -0.370 e. The van der Waals surface area contributed by atoms with Crippen molar-refractivity contribution in [2.45, 2.75) is 71.5 Å². The summed E-state index contributed by atoms with van der Waals surface area (Å²) in [5.41, 5.74) is 16.4. The number of nitrogens with zero attached hydrogens (tertiary/aromatic N) is 1. The van der Waals surface area contributed by atoms with E-state index in [4.69, 9.17) is 17.2 Å². The first-order chi connectivity index (χ1) is 12.9. The van der Waals surface area contributed by atoms with E-state index >= 15 is 0 Å². The maximum absolute atomic E-state index is 12.7. The van der Waals surface area contributed by atoms with E-state index < -0.39 is 29.1 Å². The van der Waals surface area contributed by atoms with Crippen LogP contribution in [-0.2, 0) is 14.4 Å². The van der Waals surface area contributed by atoms with Crippen molar-refractivity contribution >= 4 is 35.5 Å². The highest BCUT2D eigenvalue weighted by Crippen LogP contribution is 2.09. The molecule has 0 aliphatic carbocycles. The lowest BCUT2D eigenvalue weighted by atomic mass is 10.00. The Kier molecular flexibility index (Phi) is 12.5. The second kappa shape index (κ2) is 13.4. The summed E-state index contributed by atoms with van der Waals surface area (Å²) in [6.45, 7) is 8.16. The highest BCUT2D eigenvalue weighted by molar-refractivity contribution is 7.96. The highest BCUT2D eigenvalue weighted by atomic mass is 32.1. The third kappa shape index (κ3) is 11.8. The Hall–Kier alpha value is -1.81. The zero-order valence-electron chi connectivity index (χ0n) is 17.3. The Morgan fingerprint density at radius 1 is 0.929 bits per heavy atom. The van der Waals surface area contributed by atoms with E-state index in [-0.39, 0.29) is 23.7 Å². The lowest BCUT2D eigenvalue weighted by Crippen LogP contribution is -2.54. The van der Waals surface area contributed by atoms with Gasteiger partial charge >= 0.3 is 0 Å². The van der Waals surface area contributed by atoms with E-state index in [1.807, 2.05) is 27.7 Å². The lowest BCUT2D eigenvalue weighted by molar-refractivity contribution is -0.131. The lowest BCUT2D eigenvalue weighted by Gasteiger charge is -2.24. The number of rotatable bonds is 13. The molecule has 0 saturated heterocycles. The molecule has 0 fully saturated rings. The summed E-state index contributed by atoms with van der Waals surface area (Å²) in [5, 5.41) is 4.91. The minimum atomic E-state index is -0.791. The predicted octanol–water partition coefficient (Wildman–Crippen LogP) is -0.114. The van der Waals surface area contributed by atoms with Gasteiger partial charge in [-0.1, -0.05) is 27.7 Å². The number of nitrogens with two attached hydrogens (primary N) is 3. The van der Waals surface area contributed by atoms with Gasteiger partial charge in [0.1, 0.15) is 6.04 Å². The first-order valence-electron chi connectivity index (χ1n) is 9.58. The smallest absolute Gasteiger partial charge is 0.243 e. The maximum atomic E-state index is 12.7. The molecule has 1 unspecified atom stereocenters. The van der Waals surface area contributed by atoms with Crippen LogP contribution >= 0.6 is 12.6 Å². The molecule has 0 saturated carbocycles. The molecule has 0 aromatic rings. The molecule has 0 heterocycles. The fraction of sp³-hybridized carbons (Fsp3) is 0.778. The molecular weight excluding hydrogens is 380 g/mol. The molecule has 0 rings (SSSR count). The van der Waals surface area contributed by atoms with E-state index in [0.29, 0.717) is 32.2 Å². The molecule has 10 heteroatoms. The van der Waals surface area contributed by atoms with Gasteiger partial charge in [0.05, 0.1) is 12.1 Å². The van der Waals surface area contributed by atoms with Gasteiger partial charge in [0.2, 0.25) is 16.9 Å². The zero-order valence-corrected chi connectivity index (χ0v) is 18.2. The number of nitrogens with one attached hydrogen (secondary N) is 2. The van der Waals surface area contributed by atoms with Crippen LogP contribution in [0, 0.1) is 11.8 Å². The number of aliphatic imine (C=N–C) groups is 1. The van der Waals surface area contributed by atoms with Gasteiger partial charge in [-0.3, -0.25) is 19.4 Å². The first kappa shape index (κ1) is 26.2. The average molecular weight is 417 g/mol. The number of guanidine groups is 1. The van der Waals surface area contributed by atoms with Crippen LogP contribution in [-0.4, -0.2) is 47.6 Å². The average Bonchev–Trinajstić information content (AvgIpc) is 2.55. The van der Waals surface area contributed by atoms with Crippen molar-refractivity contribution in [1.29, 1.82) is 0 Å². The second-order valence-corrected chi connectivity index (χ2v) is 8.22. The Morgan fingerprint density at radius 2 is 1.46 bits per heavy atom. The number of carbonyl (C=O) groups is 3. The fourth-order valence-corrected chi connectivity index (χ4v) is 2.82. The topological polar surface area (TPSA) is 166 Å². The molecule has 0 aromatic carbocycles. The Morgan fingerprint density at radius 3 is 1.93 bits per heavy atom. The van der Waals surface area contributed by atoms with Gasteiger partial charge < -0.3 is 27.8 Å². The monoisotopic (exact) mass is 416 g/mol. The van der Waals surface area contributed by atoms with Crippen LogP contribution in [0.2, 0.25) is 0 Å². The van der Waals surface area contributed by atoms with Crippen LogP contribution in [0.25, 0.3) is 0 Å². The van der Waals surface area contributed by atoms with Crippen molar-refractivity contribution in [3.05, 3.63) is 0 Å². The number of hydrogen-bond acceptors (Lipinski definition) is 5. The standard InChI is InChI=1S/C18H36N6O3S/c1-10(2)8-12(19)15(25)24-14(9-11(3)4)16(26)23-13(17(27)28)6-5-7-22-18(20)21/h10-14H,5-9,19H2,1-4H3,(H,23,26)(H,24,25)(H,27,28)(H4,20,21,22)/t12?,13-,14-/m0/s1. The van der Waals surface area contributed by atoms with Crippen LogP contribution < -0.4 is 27.8 Å². The zero-order chi connectivity index (χ0) is 21.9. The van der Waals surface area contributed by atoms with Crippen LogP contribution in [0.3, 0.4) is 0 Å². The van der Waals surface area contributed by atoms with Crippen molar-refractivity contribution in [3.8, 4) is 0 Å². The molecule has 0 aliphatic rings. The van der Waals surface area contributed by atoms with Gasteiger partial charge in [-0.05, 0) is 37.5 Å². The maximum Gasteiger partial charge on any atom is 0.243 e. The predicted molar refractivity (Wildman–Crippen MR) is 115 cm³/mol. The van der Waals surface area contributed by atoms with Gasteiger partial charge in [-0.2, -0.15) is 0 Å². The number of thiol groups is 1. The summed E-state index contributed by atoms with van der Waals surface area (Å²) in [4.78, 5) is 40.6. The number of hydrogen-bond donors (Lipinski definition) is 6. The van der Waals surface area contributed by atoms with Gasteiger partial charge in [0.25, 0.3) is 0 Å². The van der Waals surface area contributed by atoms with Crippen LogP contribution in [0.5, 0.6) is 0 Å². The molecule has 2 amide bonds. The van der Waals surface area contributed by atoms with E-state index in [1.54, 1.807) is 0 Å². The van der Waals surface area contributed by atoms with Gasteiger partial charge in [0.15, 0.2) is 5.96 Å². The normalized spacial score (nSPS) is 14.3. The quantitative estimate of drug-likeness (QED) is 0.106. The Bertz CT molecular complexity index is 549. The Labute approximate surface area is 173 Å². The SMILES string of the molecule is CC(C)CC(N)C(=O)N[C@@H](CC(C)C)C(=O)N[C@@H](CCCN=C(N)N)C(=O)S. The fourth-order valence-electron chi connectivity index (χ4n) is 2.63.